The van der Waals surface area contributed by atoms with Crippen LogP contribution in [0.4, 0.5) is 0 Å². The maximum atomic E-state index is 6.13. The first-order valence-corrected chi connectivity index (χ1v) is 8.95. The van der Waals surface area contributed by atoms with Gasteiger partial charge in [-0.05, 0) is 13.0 Å². The third-order valence-corrected chi connectivity index (χ3v) is 5.51. The Morgan fingerprint density at radius 1 is 1.17 bits per heavy atom. The molecule has 0 fully saturated rings. The highest BCUT2D eigenvalue weighted by Crippen LogP contribution is 2.25. The summed E-state index contributed by atoms with van der Waals surface area (Å²) in [5.41, 5.74) is 1.99. The fourth-order valence-electron chi connectivity index (χ4n) is 1.11. The van der Waals surface area contributed by atoms with Crippen molar-refractivity contribution in [1.29, 1.82) is 0 Å². The molecule has 3 heteroatoms. The van der Waals surface area contributed by atoms with Gasteiger partial charge in [0.15, 0.2) is 0 Å². The van der Waals surface area contributed by atoms with Crippen molar-refractivity contribution >= 4 is 28.9 Å². The largest absolute Gasteiger partial charge is 0.273 e. The summed E-state index contributed by atoms with van der Waals surface area (Å²) in [5, 5.41) is 0. The lowest BCUT2D eigenvalue weighted by Crippen LogP contribution is -2.14. The minimum absolute atomic E-state index is 1.00. The van der Waals surface area contributed by atoms with Gasteiger partial charge in [-0.25, -0.2) is 0 Å². The maximum absolute atomic E-state index is 6.13. The van der Waals surface area contributed by atoms with Crippen molar-refractivity contribution < 1.29 is 0 Å². The van der Waals surface area contributed by atoms with Crippen molar-refractivity contribution in [2.24, 2.45) is 0 Å². The van der Waals surface area contributed by atoms with Gasteiger partial charge < -0.3 is 0 Å². The number of hydrogen-bond donors (Lipinski definition) is 0. The van der Waals surface area contributed by atoms with Crippen LogP contribution in [-0.4, -0.2) is 6.69 Å². The Morgan fingerprint density at radius 3 is 2.33 bits per heavy atom. The molecule has 0 aromatic carbocycles. The Labute approximate surface area is 86.4 Å². The zero-order chi connectivity index (χ0) is 9.45. The van der Waals surface area contributed by atoms with Crippen LogP contribution in [0.3, 0.4) is 0 Å². The van der Waals surface area contributed by atoms with Gasteiger partial charge >= 0.3 is 0 Å². The number of allylic oxidation sites excluding steroid dienone is 1. The highest BCUT2D eigenvalue weighted by molar-refractivity contribution is 7.47. The van der Waals surface area contributed by atoms with Gasteiger partial charge in [-0.2, -0.15) is 0 Å². The van der Waals surface area contributed by atoms with E-state index >= 15 is 0 Å². The summed E-state index contributed by atoms with van der Waals surface area (Å²) < 4.78 is 0. The van der Waals surface area contributed by atoms with Crippen LogP contribution in [0.15, 0.2) is 11.8 Å². The lowest BCUT2D eigenvalue weighted by atomic mass is 10.2. The van der Waals surface area contributed by atoms with Crippen LogP contribution in [0, 0.1) is 0 Å². The Kier molecular flexibility index (Phi) is 7.30. The van der Waals surface area contributed by atoms with E-state index in [9.17, 15) is 0 Å². The second kappa shape index (κ2) is 6.99. The lowest BCUT2D eigenvalue weighted by Gasteiger charge is -2.10. The molecule has 72 valence electrons. The molecule has 0 saturated carbocycles. The summed E-state index contributed by atoms with van der Waals surface area (Å²) in [6.07, 6.45) is 6.97. The van der Waals surface area contributed by atoms with Gasteiger partial charge in [-0.1, -0.05) is 44.4 Å². The predicted molar refractivity (Wildman–Crippen MR) is 61.2 cm³/mol. The maximum Gasteiger partial charge on any atom is 0.273 e. The molecule has 0 aliphatic rings. The molecule has 0 aliphatic heterocycles. The van der Waals surface area contributed by atoms with Gasteiger partial charge in [-0.3, -0.25) is 0 Å². The molecule has 0 spiro atoms. The van der Waals surface area contributed by atoms with E-state index in [0.29, 0.717) is 0 Å². The van der Waals surface area contributed by atoms with E-state index in [-0.39, 0.29) is 0 Å². The smallest absolute Gasteiger partial charge is 0.140 e. The molecule has 0 saturated heterocycles. The molecule has 0 aromatic rings. The molecule has 0 heterocycles. The summed E-state index contributed by atoms with van der Waals surface area (Å²) in [4.78, 5) is 0. The highest BCUT2D eigenvalue weighted by Gasteiger charge is 2.22. The third kappa shape index (κ3) is 7.20. The van der Waals surface area contributed by atoms with Crippen LogP contribution in [-0.2, 0) is 0 Å². The topological polar surface area (TPSA) is 0 Å². The van der Waals surface area contributed by atoms with Crippen LogP contribution >= 0.6 is 22.2 Å². The molecular formula is C9H18Cl2Si. The van der Waals surface area contributed by atoms with Crippen LogP contribution in [0.5, 0.6) is 0 Å². The van der Waals surface area contributed by atoms with Crippen molar-refractivity contribution in [3.05, 3.63) is 11.8 Å². The van der Waals surface area contributed by atoms with Gasteiger partial charge in [0.2, 0.25) is 0 Å². The molecule has 12 heavy (non-hydrogen) atoms. The first kappa shape index (κ1) is 12.5. The molecule has 0 aliphatic carbocycles. The van der Waals surface area contributed by atoms with Gasteiger partial charge in [0.05, 0.1) is 0 Å². The van der Waals surface area contributed by atoms with Gasteiger partial charge in [0, 0.05) is 0 Å². The SMILES string of the molecule is CC=C[Si](Cl)(Cl)CCCCCC. The fourth-order valence-corrected chi connectivity index (χ4v) is 4.05. The van der Waals surface area contributed by atoms with E-state index in [4.69, 9.17) is 22.2 Å². The van der Waals surface area contributed by atoms with Crippen LogP contribution in [0.2, 0.25) is 6.04 Å². The van der Waals surface area contributed by atoms with Crippen LogP contribution in [0.1, 0.15) is 39.5 Å². The lowest BCUT2D eigenvalue weighted by molar-refractivity contribution is 0.699. The molecule has 0 nitrogen and oxygen atoms in total. The number of halogens is 2. The van der Waals surface area contributed by atoms with Gasteiger partial charge in [0.25, 0.3) is 6.69 Å². The summed E-state index contributed by atoms with van der Waals surface area (Å²) in [6, 6.07) is 1.00. The zero-order valence-electron chi connectivity index (χ0n) is 7.95. The molecule has 0 atom stereocenters. The van der Waals surface area contributed by atoms with E-state index < -0.39 is 6.69 Å². The van der Waals surface area contributed by atoms with Crippen molar-refractivity contribution in [2.75, 3.05) is 0 Å². The number of rotatable bonds is 6. The molecule has 0 radical (unpaired) electrons. The minimum Gasteiger partial charge on any atom is -0.140 e. The summed E-state index contributed by atoms with van der Waals surface area (Å²) in [5.74, 6) is 0. The van der Waals surface area contributed by atoms with Crippen molar-refractivity contribution in [1.82, 2.24) is 0 Å². The molecular weight excluding hydrogens is 207 g/mol. The van der Waals surface area contributed by atoms with E-state index in [1.165, 1.54) is 25.7 Å². The Morgan fingerprint density at radius 2 is 1.83 bits per heavy atom. The third-order valence-electron chi connectivity index (χ3n) is 1.77. The molecule has 0 amide bonds. The molecule has 0 N–H and O–H groups in total. The second-order valence-corrected chi connectivity index (χ2v) is 10.1. The molecule has 0 rings (SSSR count). The van der Waals surface area contributed by atoms with Crippen LogP contribution in [0.25, 0.3) is 0 Å². The zero-order valence-corrected chi connectivity index (χ0v) is 10.5. The normalized spacial score (nSPS) is 12.7. The average Bonchev–Trinajstić information content (AvgIpc) is 1.98. The number of hydrogen-bond acceptors (Lipinski definition) is 0. The van der Waals surface area contributed by atoms with Crippen LogP contribution < -0.4 is 0 Å². The Bertz CT molecular complexity index is 132. The van der Waals surface area contributed by atoms with E-state index in [2.05, 4.69) is 6.92 Å². The Hall–Kier alpha value is 0.537. The summed E-state index contributed by atoms with van der Waals surface area (Å²) in [7, 11) is 0. The number of unbranched alkanes of at least 4 members (excludes halogenated alkanes) is 3. The average molecular weight is 225 g/mol. The summed E-state index contributed by atoms with van der Waals surface area (Å²) >= 11 is 12.3. The molecule has 0 unspecified atom stereocenters. The fraction of sp³-hybridized carbons (Fsp3) is 0.778. The van der Waals surface area contributed by atoms with Crippen molar-refractivity contribution in [2.45, 2.75) is 45.6 Å². The van der Waals surface area contributed by atoms with Crippen molar-refractivity contribution in [3.8, 4) is 0 Å². The van der Waals surface area contributed by atoms with E-state index in [1.54, 1.807) is 0 Å². The van der Waals surface area contributed by atoms with E-state index in [1.807, 2.05) is 18.7 Å². The molecule has 0 bridgehead atoms. The summed E-state index contributed by atoms with van der Waals surface area (Å²) in [6.45, 7) is 2.19. The minimum atomic E-state index is -1.99. The first-order chi connectivity index (χ1) is 5.62. The standard InChI is InChI=1S/C9H18Cl2Si/c1-3-5-6-7-9-12(10,11)8-4-2/h4,8H,3,5-7,9H2,1-2H3. The second-order valence-electron chi connectivity index (χ2n) is 3.07. The highest BCUT2D eigenvalue weighted by atomic mass is 35.7. The van der Waals surface area contributed by atoms with Gasteiger partial charge in [0.1, 0.15) is 0 Å². The Balaban J connectivity index is 3.47. The van der Waals surface area contributed by atoms with Crippen molar-refractivity contribution in [3.63, 3.8) is 0 Å². The van der Waals surface area contributed by atoms with E-state index in [0.717, 1.165) is 6.04 Å². The first-order valence-electron chi connectivity index (χ1n) is 4.64. The van der Waals surface area contributed by atoms with Gasteiger partial charge in [-0.15, -0.1) is 22.2 Å². The quantitative estimate of drug-likeness (QED) is 0.352. The monoisotopic (exact) mass is 224 g/mol. The molecule has 0 aromatic heterocycles. The predicted octanol–water partition coefficient (Wildman–Crippen LogP) is 4.60.